The minimum atomic E-state index is -1.10. The summed E-state index contributed by atoms with van der Waals surface area (Å²) in [5.74, 6) is -1.27. The number of rotatable bonds is 3. The maximum atomic E-state index is 12.5. The zero-order valence-electron chi connectivity index (χ0n) is 12.6. The Hall–Kier alpha value is -1.18. The predicted molar refractivity (Wildman–Crippen MR) is 87.7 cm³/mol. The third kappa shape index (κ3) is 2.14. The lowest BCUT2D eigenvalue weighted by molar-refractivity contribution is -0.160. The Labute approximate surface area is 137 Å². The van der Waals surface area contributed by atoms with Crippen molar-refractivity contribution >= 4 is 35.4 Å². The van der Waals surface area contributed by atoms with Crippen molar-refractivity contribution in [1.29, 1.82) is 0 Å². The van der Waals surface area contributed by atoms with Crippen LogP contribution in [0.25, 0.3) is 0 Å². The number of hydrogen-bond donors (Lipinski definition) is 2. The number of hydrogen-bond acceptors (Lipinski definition) is 5. The van der Waals surface area contributed by atoms with Crippen LogP contribution < -0.4 is 5.73 Å². The number of carbonyl (C=O) groups excluding carboxylic acids is 1. The molecule has 2 heterocycles. The second-order valence-corrected chi connectivity index (χ2v) is 9.32. The van der Waals surface area contributed by atoms with Gasteiger partial charge >= 0.3 is 5.97 Å². The minimum Gasteiger partial charge on any atom is -0.480 e. The monoisotopic (exact) mass is 338 g/mol. The second kappa shape index (κ2) is 4.91. The normalized spacial score (nSPS) is 32.5. The van der Waals surface area contributed by atoms with Crippen molar-refractivity contribution in [2.75, 3.05) is 0 Å². The van der Waals surface area contributed by atoms with E-state index < -0.39 is 21.6 Å². The summed E-state index contributed by atoms with van der Waals surface area (Å²) in [7, 11) is 0. The molecule has 0 radical (unpaired) electrons. The molecule has 5 nitrogen and oxygen atoms in total. The Morgan fingerprint density at radius 2 is 1.95 bits per heavy atom. The molecule has 2 aliphatic heterocycles. The van der Waals surface area contributed by atoms with Gasteiger partial charge in [0.1, 0.15) is 11.4 Å². The van der Waals surface area contributed by atoms with Crippen molar-refractivity contribution in [2.45, 2.75) is 46.7 Å². The van der Waals surface area contributed by atoms with Crippen molar-refractivity contribution in [3.8, 4) is 0 Å². The second-order valence-electron chi connectivity index (χ2n) is 6.24. The SMILES string of the molecule is Cc1ccc(S[C@]2(N)C(=O)N3C(C(=O)O)C(C)(C)SC32)cc1. The van der Waals surface area contributed by atoms with Gasteiger partial charge in [-0.2, -0.15) is 0 Å². The van der Waals surface area contributed by atoms with Crippen LogP contribution in [0.15, 0.2) is 29.2 Å². The molecule has 0 aliphatic carbocycles. The van der Waals surface area contributed by atoms with E-state index in [1.807, 2.05) is 45.0 Å². The number of benzene rings is 1. The zero-order valence-corrected chi connectivity index (χ0v) is 14.2. The highest BCUT2D eigenvalue weighted by Gasteiger charge is 2.70. The van der Waals surface area contributed by atoms with Crippen LogP contribution in [-0.4, -0.2) is 42.9 Å². The average molecular weight is 338 g/mol. The summed E-state index contributed by atoms with van der Waals surface area (Å²) >= 11 is 2.78. The van der Waals surface area contributed by atoms with Crippen LogP contribution in [0.4, 0.5) is 0 Å². The Kier molecular flexibility index (Phi) is 3.50. The third-order valence-corrected chi connectivity index (χ3v) is 7.13. The highest BCUT2D eigenvalue weighted by Crippen LogP contribution is 2.58. The molecule has 2 saturated heterocycles. The number of thioether (sulfide) groups is 2. The first-order valence-electron chi connectivity index (χ1n) is 6.95. The Balaban J connectivity index is 1.87. The predicted octanol–water partition coefficient (Wildman–Crippen LogP) is 1.89. The van der Waals surface area contributed by atoms with Gasteiger partial charge in [0.2, 0.25) is 0 Å². The van der Waals surface area contributed by atoms with Gasteiger partial charge in [-0.15, -0.1) is 11.8 Å². The molecule has 0 saturated carbocycles. The fraction of sp³-hybridized carbons (Fsp3) is 0.467. The number of carboxylic acid groups (broad SMARTS) is 1. The Morgan fingerprint density at radius 3 is 2.50 bits per heavy atom. The summed E-state index contributed by atoms with van der Waals surface area (Å²) in [6, 6.07) is 6.98. The highest BCUT2D eigenvalue weighted by atomic mass is 32.2. The first-order valence-corrected chi connectivity index (χ1v) is 8.64. The summed E-state index contributed by atoms with van der Waals surface area (Å²) in [5, 5.41) is 9.11. The molecular weight excluding hydrogens is 320 g/mol. The number of aryl methyl sites for hydroxylation is 1. The van der Waals surface area contributed by atoms with Gasteiger partial charge in [-0.25, -0.2) is 4.79 Å². The molecule has 7 heteroatoms. The van der Waals surface area contributed by atoms with Gasteiger partial charge in [0.25, 0.3) is 5.91 Å². The van der Waals surface area contributed by atoms with Crippen LogP contribution in [0.3, 0.4) is 0 Å². The molecule has 3 atom stereocenters. The largest absolute Gasteiger partial charge is 0.480 e. The van der Waals surface area contributed by atoms with Crippen molar-refractivity contribution in [1.82, 2.24) is 4.90 Å². The van der Waals surface area contributed by atoms with Crippen molar-refractivity contribution in [3.63, 3.8) is 0 Å². The van der Waals surface area contributed by atoms with Crippen molar-refractivity contribution in [2.24, 2.45) is 5.73 Å². The molecule has 118 valence electrons. The summed E-state index contributed by atoms with van der Waals surface area (Å²) in [5.41, 5.74) is 7.48. The molecule has 2 unspecified atom stereocenters. The summed E-state index contributed by atoms with van der Waals surface area (Å²) in [6.45, 7) is 5.69. The Morgan fingerprint density at radius 1 is 1.36 bits per heavy atom. The molecule has 3 N–H and O–H groups in total. The van der Waals surface area contributed by atoms with E-state index in [1.54, 1.807) is 0 Å². The molecule has 2 fully saturated rings. The molecule has 0 spiro atoms. The maximum absolute atomic E-state index is 12.5. The first-order chi connectivity index (χ1) is 10.2. The topological polar surface area (TPSA) is 83.6 Å². The summed E-state index contributed by atoms with van der Waals surface area (Å²) in [6.07, 6.45) is 0. The number of β-lactam (4-membered cyclic amide) rings is 1. The molecule has 1 aromatic rings. The first kappa shape index (κ1) is 15.7. The van der Waals surface area contributed by atoms with E-state index >= 15 is 0 Å². The van der Waals surface area contributed by atoms with Crippen molar-refractivity contribution in [3.05, 3.63) is 29.8 Å². The maximum Gasteiger partial charge on any atom is 0.327 e. The summed E-state index contributed by atoms with van der Waals surface area (Å²) in [4.78, 5) is 25.3. The molecule has 3 rings (SSSR count). The van der Waals surface area contributed by atoms with Gasteiger partial charge in [-0.05, 0) is 32.9 Å². The number of nitrogens with two attached hydrogens (primary N) is 1. The lowest BCUT2D eigenvalue weighted by atomic mass is 9.96. The molecule has 1 aromatic carbocycles. The smallest absolute Gasteiger partial charge is 0.327 e. The van der Waals surface area contributed by atoms with Gasteiger partial charge in [0, 0.05) is 9.64 Å². The van der Waals surface area contributed by atoms with Crippen LogP contribution in [0.5, 0.6) is 0 Å². The number of fused-ring (bicyclic) bond motifs is 1. The molecule has 2 aliphatic rings. The zero-order chi connectivity index (χ0) is 16.3. The van der Waals surface area contributed by atoms with E-state index in [0.717, 1.165) is 10.5 Å². The Bertz CT molecular complexity index is 647. The van der Waals surface area contributed by atoms with Gasteiger partial charge in [0.05, 0.1) is 0 Å². The molecule has 0 bridgehead atoms. The fourth-order valence-corrected chi connectivity index (χ4v) is 5.83. The van der Waals surface area contributed by atoms with E-state index in [0.29, 0.717) is 0 Å². The number of carboxylic acids is 1. The quantitative estimate of drug-likeness (QED) is 0.647. The van der Waals surface area contributed by atoms with Gasteiger partial charge in [-0.1, -0.05) is 29.5 Å². The summed E-state index contributed by atoms with van der Waals surface area (Å²) < 4.78 is -0.554. The van der Waals surface area contributed by atoms with E-state index in [-0.39, 0.29) is 11.3 Å². The highest BCUT2D eigenvalue weighted by molar-refractivity contribution is 8.06. The van der Waals surface area contributed by atoms with E-state index in [2.05, 4.69) is 0 Å². The fourth-order valence-electron chi connectivity index (χ4n) is 2.95. The van der Waals surface area contributed by atoms with Crippen molar-refractivity contribution < 1.29 is 14.7 Å². The molecular formula is C15H18N2O3S2. The van der Waals surface area contributed by atoms with Crippen LogP contribution in [-0.2, 0) is 9.59 Å². The van der Waals surface area contributed by atoms with Crippen LogP contribution >= 0.6 is 23.5 Å². The number of aliphatic carboxylic acids is 1. The average Bonchev–Trinajstić information content (AvgIpc) is 2.71. The lowest BCUT2D eigenvalue weighted by Gasteiger charge is -2.50. The van der Waals surface area contributed by atoms with E-state index in [4.69, 9.17) is 5.73 Å². The standard InChI is InChI=1S/C15H18N2O3S2/c1-8-4-6-9(7-5-8)21-15(16)12(20)17-10(11(18)19)14(2,3)22-13(15)17/h4-7,10,13H,16H2,1-3H3,(H,18,19)/t10?,13?,15-/m1/s1. The van der Waals surface area contributed by atoms with Gasteiger partial charge in [-0.3, -0.25) is 4.79 Å². The van der Waals surface area contributed by atoms with Gasteiger partial charge < -0.3 is 15.7 Å². The minimum absolute atomic E-state index is 0.298. The van der Waals surface area contributed by atoms with Crippen LogP contribution in [0.2, 0.25) is 0 Å². The number of amides is 1. The third-order valence-electron chi connectivity index (χ3n) is 4.08. The van der Waals surface area contributed by atoms with E-state index in [9.17, 15) is 14.7 Å². The van der Waals surface area contributed by atoms with E-state index in [1.165, 1.54) is 28.4 Å². The molecule has 0 aromatic heterocycles. The number of carbonyl (C=O) groups is 2. The molecule has 1 amide bonds. The lowest BCUT2D eigenvalue weighted by Crippen LogP contribution is -2.76. The van der Waals surface area contributed by atoms with Crippen LogP contribution in [0, 0.1) is 6.92 Å². The van der Waals surface area contributed by atoms with Gasteiger partial charge in [0.15, 0.2) is 4.87 Å². The number of nitrogens with zero attached hydrogens (tertiary/aromatic N) is 1. The van der Waals surface area contributed by atoms with Crippen LogP contribution in [0.1, 0.15) is 19.4 Å². The molecule has 22 heavy (non-hydrogen) atoms.